The Morgan fingerprint density at radius 2 is 1.90 bits per heavy atom. The minimum absolute atomic E-state index is 0.165. The fourth-order valence-corrected chi connectivity index (χ4v) is 3.22. The summed E-state index contributed by atoms with van der Waals surface area (Å²) in [4.78, 5) is 20.4. The number of carbonyl (C=O) groups excluding carboxylic acids is 1. The van der Waals surface area contributed by atoms with Crippen molar-refractivity contribution < 1.29 is 4.79 Å². The van der Waals surface area contributed by atoms with Gasteiger partial charge in [0.2, 0.25) is 0 Å². The van der Waals surface area contributed by atoms with E-state index in [-0.39, 0.29) is 5.91 Å². The zero-order valence-corrected chi connectivity index (χ0v) is 12.2. The van der Waals surface area contributed by atoms with Crippen molar-refractivity contribution in [3.05, 3.63) is 36.0 Å². The summed E-state index contributed by atoms with van der Waals surface area (Å²) in [5.41, 5.74) is 1.84. The van der Waals surface area contributed by atoms with Gasteiger partial charge in [0, 0.05) is 49.8 Å². The van der Waals surface area contributed by atoms with Crippen LogP contribution in [0.1, 0.15) is 23.2 Å². The second-order valence-corrected chi connectivity index (χ2v) is 6.28. The molecule has 21 heavy (non-hydrogen) atoms. The van der Waals surface area contributed by atoms with Crippen molar-refractivity contribution >= 4 is 16.8 Å². The molecule has 4 nitrogen and oxygen atoms in total. The normalized spacial score (nSPS) is 20.1. The fourth-order valence-electron chi connectivity index (χ4n) is 3.22. The average molecular weight is 283 g/mol. The van der Waals surface area contributed by atoms with E-state index >= 15 is 0 Å². The molecule has 2 heterocycles. The highest BCUT2D eigenvalue weighted by Crippen LogP contribution is 2.30. The molecule has 0 spiro atoms. The zero-order valence-electron chi connectivity index (χ0n) is 12.2. The lowest BCUT2D eigenvalue weighted by atomic mass is 10.1. The SMILES string of the molecule is O=C(c1c[nH]c2ccccc12)N1CCN(CC2CC2)CC1. The van der Waals surface area contributed by atoms with E-state index in [2.05, 4.69) is 9.88 Å². The van der Waals surface area contributed by atoms with E-state index in [1.165, 1.54) is 19.4 Å². The number of nitrogens with one attached hydrogen (secondary N) is 1. The van der Waals surface area contributed by atoms with Gasteiger partial charge in [0.25, 0.3) is 5.91 Å². The van der Waals surface area contributed by atoms with Gasteiger partial charge < -0.3 is 9.88 Å². The van der Waals surface area contributed by atoms with Crippen LogP contribution in [-0.2, 0) is 0 Å². The summed E-state index contributed by atoms with van der Waals surface area (Å²) in [6.07, 6.45) is 4.65. The summed E-state index contributed by atoms with van der Waals surface area (Å²) in [6, 6.07) is 8.01. The number of carbonyl (C=O) groups is 1. The number of rotatable bonds is 3. The predicted molar refractivity (Wildman–Crippen MR) is 83.4 cm³/mol. The monoisotopic (exact) mass is 283 g/mol. The lowest BCUT2D eigenvalue weighted by molar-refractivity contribution is 0.0634. The topological polar surface area (TPSA) is 39.3 Å². The second kappa shape index (κ2) is 5.19. The third-order valence-electron chi connectivity index (χ3n) is 4.69. The van der Waals surface area contributed by atoms with Crippen LogP contribution in [0, 0.1) is 5.92 Å². The van der Waals surface area contributed by atoms with E-state index in [0.717, 1.165) is 48.6 Å². The van der Waals surface area contributed by atoms with Crippen molar-refractivity contribution in [2.75, 3.05) is 32.7 Å². The Morgan fingerprint density at radius 1 is 1.14 bits per heavy atom. The van der Waals surface area contributed by atoms with Crippen LogP contribution in [0.5, 0.6) is 0 Å². The molecule has 1 aromatic carbocycles. The van der Waals surface area contributed by atoms with E-state index in [9.17, 15) is 4.79 Å². The van der Waals surface area contributed by atoms with Crippen molar-refractivity contribution in [3.8, 4) is 0 Å². The smallest absolute Gasteiger partial charge is 0.256 e. The number of hydrogen-bond donors (Lipinski definition) is 1. The van der Waals surface area contributed by atoms with Gasteiger partial charge in [-0.2, -0.15) is 0 Å². The molecule has 2 aromatic rings. The van der Waals surface area contributed by atoms with Crippen molar-refractivity contribution in [3.63, 3.8) is 0 Å². The Labute approximate surface area is 124 Å². The molecular formula is C17H21N3O. The summed E-state index contributed by atoms with van der Waals surface area (Å²) >= 11 is 0. The number of amides is 1. The molecule has 0 atom stereocenters. The first-order valence-corrected chi connectivity index (χ1v) is 7.89. The Hall–Kier alpha value is -1.81. The molecular weight excluding hydrogens is 262 g/mol. The summed E-state index contributed by atoms with van der Waals surface area (Å²) in [5.74, 6) is 1.10. The summed E-state index contributed by atoms with van der Waals surface area (Å²) in [7, 11) is 0. The van der Waals surface area contributed by atoms with Crippen LogP contribution in [-0.4, -0.2) is 53.4 Å². The van der Waals surface area contributed by atoms with Crippen LogP contribution in [0.25, 0.3) is 10.9 Å². The van der Waals surface area contributed by atoms with Crippen LogP contribution in [0.15, 0.2) is 30.5 Å². The van der Waals surface area contributed by atoms with Gasteiger partial charge in [0.05, 0.1) is 5.56 Å². The zero-order chi connectivity index (χ0) is 14.2. The van der Waals surface area contributed by atoms with Crippen molar-refractivity contribution in [2.24, 2.45) is 5.92 Å². The average Bonchev–Trinajstić information content (AvgIpc) is 3.23. The van der Waals surface area contributed by atoms with Gasteiger partial charge in [-0.05, 0) is 24.8 Å². The summed E-state index contributed by atoms with van der Waals surface area (Å²) in [5, 5.41) is 1.03. The first kappa shape index (κ1) is 12.9. The predicted octanol–water partition coefficient (Wildman–Crippen LogP) is 2.34. The number of benzene rings is 1. The fraction of sp³-hybridized carbons (Fsp3) is 0.471. The minimum atomic E-state index is 0.165. The maximum Gasteiger partial charge on any atom is 0.256 e. The molecule has 2 fully saturated rings. The molecule has 0 unspecified atom stereocenters. The van der Waals surface area contributed by atoms with Gasteiger partial charge in [0.15, 0.2) is 0 Å². The van der Waals surface area contributed by atoms with E-state index in [0.29, 0.717) is 0 Å². The van der Waals surface area contributed by atoms with Gasteiger partial charge in [-0.1, -0.05) is 18.2 Å². The molecule has 1 saturated carbocycles. The Morgan fingerprint density at radius 3 is 2.67 bits per heavy atom. The number of aromatic nitrogens is 1. The molecule has 110 valence electrons. The lowest BCUT2D eigenvalue weighted by Crippen LogP contribution is -2.49. The highest BCUT2D eigenvalue weighted by atomic mass is 16.2. The number of hydrogen-bond acceptors (Lipinski definition) is 2. The molecule has 1 N–H and O–H groups in total. The van der Waals surface area contributed by atoms with Crippen LogP contribution < -0.4 is 0 Å². The second-order valence-electron chi connectivity index (χ2n) is 6.28. The highest BCUT2D eigenvalue weighted by Gasteiger charge is 2.28. The molecule has 1 aliphatic heterocycles. The van der Waals surface area contributed by atoms with Crippen LogP contribution in [0.4, 0.5) is 0 Å². The van der Waals surface area contributed by atoms with Gasteiger partial charge >= 0.3 is 0 Å². The van der Waals surface area contributed by atoms with Crippen molar-refractivity contribution in [1.82, 2.24) is 14.8 Å². The maximum absolute atomic E-state index is 12.7. The molecule has 1 aromatic heterocycles. The van der Waals surface area contributed by atoms with Crippen molar-refractivity contribution in [1.29, 1.82) is 0 Å². The van der Waals surface area contributed by atoms with Crippen LogP contribution in [0.3, 0.4) is 0 Å². The summed E-state index contributed by atoms with van der Waals surface area (Å²) in [6.45, 7) is 4.97. The summed E-state index contributed by atoms with van der Waals surface area (Å²) < 4.78 is 0. The van der Waals surface area contributed by atoms with E-state index in [1.807, 2.05) is 35.4 Å². The number of H-pyrrole nitrogens is 1. The molecule has 0 bridgehead atoms. The van der Waals surface area contributed by atoms with Gasteiger partial charge in [0.1, 0.15) is 0 Å². The highest BCUT2D eigenvalue weighted by molar-refractivity contribution is 6.06. The van der Waals surface area contributed by atoms with Gasteiger partial charge in [-0.3, -0.25) is 9.69 Å². The first-order valence-electron chi connectivity index (χ1n) is 7.89. The molecule has 1 amide bonds. The number of nitrogens with zero attached hydrogens (tertiary/aromatic N) is 2. The molecule has 1 saturated heterocycles. The molecule has 2 aliphatic rings. The van der Waals surface area contributed by atoms with Crippen LogP contribution in [0.2, 0.25) is 0 Å². The van der Waals surface area contributed by atoms with E-state index in [1.54, 1.807) is 0 Å². The number of aromatic amines is 1. The Balaban J connectivity index is 1.45. The maximum atomic E-state index is 12.7. The van der Waals surface area contributed by atoms with Crippen LogP contribution >= 0.6 is 0 Å². The lowest BCUT2D eigenvalue weighted by Gasteiger charge is -2.34. The molecule has 4 heteroatoms. The largest absolute Gasteiger partial charge is 0.360 e. The molecule has 4 rings (SSSR count). The third-order valence-corrected chi connectivity index (χ3v) is 4.69. The standard InChI is InChI=1S/C17H21N3O/c21-17(15-11-18-16-4-2-1-3-14(15)16)20-9-7-19(8-10-20)12-13-5-6-13/h1-4,11,13,18H,5-10,12H2. The first-order chi connectivity index (χ1) is 10.3. The number of fused-ring (bicyclic) bond motifs is 1. The number of piperazine rings is 1. The number of para-hydroxylation sites is 1. The van der Waals surface area contributed by atoms with E-state index in [4.69, 9.17) is 0 Å². The Bertz CT molecular complexity index is 651. The van der Waals surface area contributed by atoms with Crippen molar-refractivity contribution in [2.45, 2.75) is 12.8 Å². The van der Waals surface area contributed by atoms with Gasteiger partial charge in [-0.25, -0.2) is 0 Å². The molecule has 0 radical (unpaired) electrons. The quantitative estimate of drug-likeness (QED) is 0.939. The van der Waals surface area contributed by atoms with Gasteiger partial charge in [-0.15, -0.1) is 0 Å². The van der Waals surface area contributed by atoms with E-state index < -0.39 is 0 Å². The third kappa shape index (κ3) is 2.56. The Kier molecular flexibility index (Phi) is 3.19. The minimum Gasteiger partial charge on any atom is -0.360 e. The molecule has 1 aliphatic carbocycles.